The molecular formula is C24H25F4N5O. The number of anilines is 2. The van der Waals surface area contributed by atoms with E-state index in [4.69, 9.17) is 10.5 Å². The largest absolute Gasteiger partial charge is 0.496 e. The summed E-state index contributed by atoms with van der Waals surface area (Å²) < 4.78 is 60.3. The third kappa shape index (κ3) is 4.63. The topological polar surface area (TPSA) is 85.1 Å². The highest BCUT2D eigenvalue weighted by atomic mass is 19.4. The predicted molar refractivity (Wildman–Crippen MR) is 124 cm³/mol. The van der Waals surface area contributed by atoms with Crippen LogP contribution in [0.2, 0.25) is 0 Å². The van der Waals surface area contributed by atoms with Crippen molar-refractivity contribution in [2.75, 3.05) is 31.2 Å². The van der Waals surface area contributed by atoms with Crippen LogP contribution < -0.4 is 21.1 Å². The van der Waals surface area contributed by atoms with Crippen LogP contribution in [0.15, 0.2) is 30.3 Å². The fourth-order valence-electron chi connectivity index (χ4n) is 4.14. The highest BCUT2D eigenvalue weighted by Gasteiger charge is 2.36. The predicted octanol–water partition coefficient (Wildman–Crippen LogP) is 5.24. The molecule has 1 atom stereocenters. The number of aromatic nitrogens is 2. The molecule has 1 aliphatic rings. The molecule has 3 aromatic rings. The Bertz CT molecular complexity index is 1270. The molecule has 0 amide bonds. The highest BCUT2D eigenvalue weighted by molar-refractivity contribution is 5.94. The average molecular weight is 475 g/mol. The summed E-state index contributed by atoms with van der Waals surface area (Å²) in [5, 5.41) is 6.98. The van der Waals surface area contributed by atoms with Crippen molar-refractivity contribution in [1.29, 1.82) is 0 Å². The molecule has 0 spiro atoms. The van der Waals surface area contributed by atoms with Crippen LogP contribution in [0, 0.1) is 12.7 Å². The quantitative estimate of drug-likeness (QED) is 0.346. The summed E-state index contributed by atoms with van der Waals surface area (Å²) >= 11 is 0. The van der Waals surface area contributed by atoms with E-state index >= 15 is 0 Å². The van der Waals surface area contributed by atoms with Gasteiger partial charge in [-0.05, 0) is 50.6 Å². The standard InChI is InChI=1S/C24H25F4N5O/c1-12(16-8-15(29)9-19(22(16)25)24(26,27)28)31-23-18-10-17(14-4-6-30-7-5-14)21(34-3)11-20(18)32-13(2)33-23/h4,8-12,30H,5-7,29H2,1-3H3,(H,31,32,33)/t12-/m1/s1. The molecule has 4 rings (SSSR count). The van der Waals surface area contributed by atoms with Gasteiger partial charge in [0.1, 0.15) is 23.2 Å². The van der Waals surface area contributed by atoms with Crippen LogP contribution in [0.1, 0.15) is 41.9 Å². The summed E-state index contributed by atoms with van der Waals surface area (Å²) in [6, 6.07) is 4.65. The molecule has 0 saturated carbocycles. The van der Waals surface area contributed by atoms with E-state index in [-0.39, 0.29) is 11.3 Å². The van der Waals surface area contributed by atoms with Crippen LogP contribution in [0.25, 0.3) is 16.5 Å². The number of nitrogens with zero attached hydrogens (tertiary/aromatic N) is 2. The van der Waals surface area contributed by atoms with Crippen LogP contribution in [0.5, 0.6) is 5.75 Å². The number of hydrogen-bond donors (Lipinski definition) is 3. The molecule has 1 aliphatic heterocycles. The van der Waals surface area contributed by atoms with E-state index in [1.807, 2.05) is 6.07 Å². The van der Waals surface area contributed by atoms with Gasteiger partial charge in [0, 0.05) is 34.8 Å². The molecule has 6 nitrogen and oxygen atoms in total. The van der Waals surface area contributed by atoms with E-state index in [0.717, 1.165) is 30.6 Å². The SMILES string of the molecule is COc1cc2nc(C)nc(N[C@H](C)c3cc(N)cc(C(F)(F)F)c3F)c2cc1C1=CCNCC1. The van der Waals surface area contributed by atoms with Gasteiger partial charge in [-0.2, -0.15) is 13.2 Å². The lowest BCUT2D eigenvalue weighted by atomic mass is 9.97. The Balaban J connectivity index is 1.81. The first-order valence-corrected chi connectivity index (χ1v) is 10.8. The van der Waals surface area contributed by atoms with Crippen LogP contribution >= 0.6 is 0 Å². The Morgan fingerprint density at radius 3 is 2.59 bits per heavy atom. The summed E-state index contributed by atoms with van der Waals surface area (Å²) in [5.74, 6) is 0.124. The first-order valence-electron chi connectivity index (χ1n) is 10.8. The maximum absolute atomic E-state index is 14.8. The van der Waals surface area contributed by atoms with Crippen molar-refractivity contribution in [2.45, 2.75) is 32.5 Å². The van der Waals surface area contributed by atoms with Crippen molar-refractivity contribution in [1.82, 2.24) is 15.3 Å². The number of nitrogens with two attached hydrogens (primary N) is 1. The van der Waals surface area contributed by atoms with Crippen molar-refractivity contribution in [3.63, 3.8) is 0 Å². The molecule has 10 heteroatoms. The van der Waals surface area contributed by atoms with Gasteiger partial charge in [-0.25, -0.2) is 14.4 Å². The van der Waals surface area contributed by atoms with Gasteiger partial charge in [-0.1, -0.05) is 6.08 Å². The smallest absolute Gasteiger partial charge is 0.419 e. The Morgan fingerprint density at radius 1 is 1.18 bits per heavy atom. The lowest BCUT2D eigenvalue weighted by Crippen LogP contribution is -2.20. The monoisotopic (exact) mass is 475 g/mol. The molecule has 0 saturated heterocycles. The Morgan fingerprint density at radius 2 is 1.94 bits per heavy atom. The van der Waals surface area contributed by atoms with Crippen molar-refractivity contribution in [2.24, 2.45) is 0 Å². The Hall–Kier alpha value is -3.40. The number of ether oxygens (including phenoxy) is 1. The highest BCUT2D eigenvalue weighted by Crippen LogP contribution is 2.38. The van der Waals surface area contributed by atoms with Gasteiger partial charge >= 0.3 is 6.18 Å². The van der Waals surface area contributed by atoms with Gasteiger partial charge < -0.3 is 21.1 Å². The van der Waals surface area contributed by atoms with Gasteiger partial charge in [0.05, 0.1) is 24.2 Å². The zero-order valence-corrected chi connectivity index (χ0v) is 19.0. The molecule has 0 radical (unpaired) electrons. The molecule has 2 heterocycles. The number of nitrogen functional groups attached to an aromatic ring is 1. The molecule has 180 valence electrons. The van der Waals surface area contributed by atoms with Crippen LogP contribution in [0.3, 0.4) is 0 Å². The van der Waals surface area contributed by atoms with Crippen LogP contribution in [-0.2, 0) is 6.18 Å². The van der Waals surface area contributed by atoms with Gasteiger partial charge in [0.15, 0.2) is 0 Å². The van der Waals surface area contributed by atoms with E-state index in [0.29, 0.717) is 34.4 Å². The number of halogens is 4. The second-order valence-corrected chi connectivity index (χ2v) is 8.21. The number of methoxy groups -OCH3 is 1. The first-order chi connectivity index (χ1) is 16.1. The Kier molecular flexibility index (Phi) is 6.35. The maximum atomic E-state index is 14.8. The molecule has 0 aliphatic carbocycles. The van der Waals surface area contributed by atoms with Gasteiger partial charge in [0.2, 0.25) is 0 Å². The fraction of sp³-hybridized carbons (Fsp3) is 0.333. The number of alkyl halides is 3. The number of benzene rings is 2. The number of hydrogen-bond acceptors (Lipinski definition) is 6. The molecule has 1 aromatic heterocycles. The lowest BCUT2D eigenvalue weighted by Gasteiger charge is -2.21. The number of fused-ring (bicyclic) bond motifs is 1. The second-order valence-electron chi connectivity index (χ2n) is 8.21. The molecule has 0 unspecified atom stereocenters. The Labute approximate surface area is 194 Å². The summed E-state index contributed by atoms with van der Waals surface area (Å²) in [4.78, 5) is 8.94. The molecule has 4 N–H and O–H groups in total. The molecule has 0 fully saturated rings. The average Bonchev–Trinajstić information content (AvgIpc) is 2.79. The summed E-state index contributed by atoms with van der Waals surface area (Å²) in [5.41, 5.74) is 6.47. The lowest BCUT2D eigenvalue weighted by molar-refractivity contribution is -0.140. The minimum absolute atomic E-state index is 0.175. The zero-order chi connectivity index (χ0) is 24.6. The van der Waals surface area contributed by atoms with E-state index in [9.17, 15) is 17.6 Å². The second kappa shape index (κ2) is 9.09. The van der Waals surface area contributed by atoms with Gasteiger partial charge in [-0.15, -0.1) is 0 Å². The summed E-state index contributed by atoms with van der Waals surface area (Å²) in [6.07, 6.45) is -1.97. The van der Waals surface area contributed by atoms with E-state index in [1.165, 1.54) is 6.07 Å². The van der Waals surface area contributed by atoms with E-state index in [1.54, 1.807) is 27.0 Å². The minimum Gasteiger partial charge on any atom is -0.496 e. The van der Waals surface area contributed by atoms with Gasteiger partial charge in [-0.3, -0.25) is 0 Å². The fourth-order valence-corrected chi connectivity index (χ4v) is 4.14. The van der Waals surface area contributed by atoms with Crippen molar-refractivity contribution < 1.29 is 22.3 Å². The third-order valence-electron chi connectivity index (χ3n) is 5.79. The van der Waals surface area contributed by atoms with Crippen molar-refractivity contribution >= 4 is 28.0 Å². The van der Waals surface area contributed by atoms with Crippen LogP contribution in [-0.4, -0.2) is 30.2 Å². The van der Waals surface area contributed by atoms with E-state index in [2.05, 4.69) is 26.7 Å². The van der Waals surface area contributed by atoms with E-state index < -0.39 is 23.6 Å². The molecule has 0 bridgehead atoms. The van der Waals surface area contributed by atoms with Crippen molar-refractivity contribution in [3.8, 4) is 5.75 Å². The maximum Gasteiger partial charge on any atom is 0.419 e. The minimum atomic E-state index is -4.86. The van der Waals surface area contributed by atoms with Gasteiger partial charge in [0.25, 0.3) is 0 Å². The zero-order valence-electron chi connectivity index (χ0n) is 19.0. The van der Waals surface area contributed by atoms with Crippen molar-refractivity contribution in [3.05, 3.63) is 58.7 Å². The molecular weight excluding hydrogens is 450 g/mol. The third-order valence-corrected chi connectivity index (χ3v) is 5.79. The normalized spacial score (nSPS) is 15.2. The molecule has 34 heavy (non-hydrogen) atoms. The number of nitrogens with one attached hydrogen (secondary N) is 2. The summed E-state index contributed by atoms with van der Waals surface area (Å²) in [7, 11) is 1.59. The molecule has 2 aromatic carbocycles. The van der Waals surface area contributed by atoms with Crippen LogP contribution in [0.4, 0.5) is 29.1 Å². The number of rotatable bonds is 5. The number of aryl methyl sites for hydroxylation is 1. The summed E-state index contributed by atoms with van der Waals surface area (Å²) in [6.45, 7) is 4.82. The first kappa shape index (κ1) is 23.7.